The minimum Gasteiger partial charge on any atom is -0.493 e. The van der Waals surface area contributed by atoms with Crippen molar-refractivity contribution in [2.75, 3.05) is 32.2 Å². The molecule has 1 aliphatic heterocycles. The lowest BCUT2D eigenvalue weighted by molar-refractivity contribution is 0.157. The van der Waals surface area contributed by atoms with E-state index < -0.39 is 11.4 Å². The van der Waals surface area contributed by atoms with Gasteiger partial charge in [-0.05, 0) is 43.4 Å². The number of aromatic amines is 2. The van der Waals surface area contributed by atoms with Crippen LogP contribution in [0.4, 0.5) is 5.95 Å². The first-order valence-electron chi connectivity index (χ1n) is 9.99. The molecule has 29 heavy (non-hydrogen) atoms. The second-order valence-corrected chi connectivity index (χ2v) is 7.65. The molecule has 4 rings (SSSR count). The second-order valence-electron chi connectivity index (χ2n) is 7.65. The third kappa shape index (κ3) is 4.45. The fraction of sp³-hybridized carbons (Fsp3) is 0.550. The van der Waals surface area contributed by atoms with Crippen LogP contribution in [0.1, 0.15) is 31.2 Å². The van der Waals surface area contributed by atoms with Crippen LogP contribution in [0.2, 0.25) is 0 Å². The predicted octanol–water partition coefficient (Wildman–Crippen LogP) is 1.11. The SMILES string of the molecule is COc1ccc(CN(C2CC2)[C@@H]2CCCN(c3nc(=O)[nH]c(=O)[nH]3)C2)cc1OC. The van der Waals surface area contributed by atoms with Crippen molar-refractivity contribution in [1.29, 1.82) is 0 Å². The molecule has 0 radical (unpaired) electrons. The minimum absolute atomic E-state index is 0.328. The van der Waals surface area contributed by atoms with Gasteiger partial charge in [-0.15, -0.1) is 0 Å². The number of hydrogen-bond acceptors (Lipinski definition) is 7. The van der Waals surface area contributed by atoms with Crippen molar-refractivity contribution in [3.63, 3.8) is 0 Å². The van der Waals surface area contributed by atoms with Crippen LogP contribution in [0.25, 0.3) is 0 Å². The zero-order valence-electron chi connectivity index (χ0n) is 16.8. The van der Waals surface area contributed by atoms with E-state index in [1.807, 2.05) is 17.0 Å². The molecule has 0 bridgehead atoms. The average molecular weight is 401 g/mol. The third-order valence-electron chi connectivity index (χ3n) is 5.65. The highest BCUT2D eigenvalue weighted by Gasteiger charge is 2.36. The Morgan fingerprint density at radius 1 is 1.10 bits per heavy atom. The molecule has 9 nitrogen and oxygen atoms in total. The van der Waals surface area contributed by atoms with E-state index in [9.17, 15) is 9.59 Å². The monoisotopic (exact) mass is 401 g/mol. The summed E-state index contributed by atoms with van der Waals surface area (Å²) >= 11 is 0. The van der Waals surface area contributed by atoms with Gasteiger partial charge in [0.2, 0.25) is 5.95 Å². The first-order valence-corrected chi connectivity index (χ1v) is 9.99. The number of ether oxygens (including phenoxy) is 2. The van der Waals surface area contributed by atoms with E-state index in [-0.39, 0.29) is 0 Å². The van der Waals surface area contributed by atoms with Crippen molar-refractivity contribution in [3.05, 3.63) is 44.7 Å². The second kappa shape index (κ2) is 8.28. The first kappa shape index (κ1) is 19.5. The Kier molecular flexibility index (Phi) is 5.57. The lowest BCUT2D eigenvalue weighted by Gasteiger charge is -2.39. The van der Waals surface area contributed by atoms with Crippen molar-refractivity contribution in [2.24, 2.45) is 0 Å². The molecule has 156 valence electrons. The number of nitrogens with zero attached hydrogens (tertiary/aromatic N) is 3. The Morgan fingerprint density at radius 3 is 2.59 bits per heavy atom. The van der Waals surface area contributed by atoms with Gasteiger partial charge in [-0.3, -0.25) is 14.9 Å². The third-order valence-corrected chi connectivity index (χ3v) is 5.65. The predicted molar refractivity (Wildman–Crippen MR) is 109 cm³/mol. The summed E-state index contributed by atoms with van der Waals surface area (Å²) in [5.41, 5.74) is 0.0381. The summed E-state index contributed by atoms with van der Waals surface area (Å²) in [4.78, 5) is 36.5. The molecule has 1 aromatic carbocycles. The van der Waals surface area contributed by atoms with Gasteiger partial charge in [0.15, 0.2) is 11.5 Å². The van der Waals surface area contributed by atoms with E-state index in [0.717, 1.165) is 44.0 Å². The van der Waals surface area contributed by atoms with Crippen LogP contribution in [0, 0.1) is 0 Å². The summed E-state index contributed by atoms with van der Waals surface area (Å²) in [5, 5.41) is 0. The zero-order valence-corrected chi connectivity index (χ0v) is 16.8. The molecule has 2 heterocycles. The van der Waals surface area contributed by atoms with Crippen molar-refractivity contribution < 1.29 is 9.47 Å². The number of hydrogen-bond donors (Lipinski definition) is 2. The van der Waals surface area contributed by atoms with E-state index in [2.05, 4.69) is 25.9 Å². The number of anilines is 1. The molecule has 1 saturated carbocycles. The standard InChI is InChI=1S/C20H27N5O4/c1-28-16-8-5-13(10-17(16)29-2)11-25(14-6-7-14)15-4-3-9-24(12-15)18-21-19(26)23-20(27)22-18/h5,8,10,14-15H,3-4,6-7,9,11-12H2,1-2H3,(H2,21,22,23,26,27)/t15-/m1/s1. The van der Waals surface area contributed by atoms with E-state index in [4.69, 9.17) is 9.47 Å². The summed E-state index contributed by atoms with van der Waals surface area (Å²) in [6.07, 6.45) is 4.46. The number of rotatable bonds is 7. The molecular weight excluding hydrogens is 374 g/mol. The Bertz CT molecular complexity index is 940. The maximum absolute atomic E-state index is 11.6. The summed E-state index contributed by atoms with van der Waals surface area (Å²) in [7, 11) is 3.28. The largest absolute Gasteiger partial charge is 0.493 e. The zero-order chi connectivity index (χ0) is 20.4. The summed E-state index contributed by atoms with van der Waals surface area (Å²) in [6, 6.07) is 6.95. The van der Waals surface area contributed by atoms with Gasteiger partial charge in [0, 0.05) is 31.7 Å². The topological polar surface area (TPSA) is 104 Å². The van der Waals surface area contributed by atoms with Crippen molar-refractivity contribution in [1.82, 2.24) is 19.9 Å². The number of benzene rings is 1. The van der Waals surface area contributed by atoms with Crippen LogP contribution in [0.3, 0.4) is 0 Å². The first-order chi connectivity index (χ1) is 14.1. The molecule has 0 amide bonds. The summed E-state index contributed by atoms with van der Waals surface area (Å²) < 4.78 is 10.8. The van der Waals surface area contributed by atoms with Crippen LogP contribution in [-0.2, 0) is 6.54 Å². The van der Waals surface area contributed by atoms with Crippen LogP contribution >= 0.6 is 0 Å². The average Bonchev–Trinajstić information content (AvgIpc) is 3.56. The molecule has 1 aliphatic carbocycles. The lowest BCUT2D eigenvalue weighted by atomic mass is 10.0. The van der Waals surface area contributed by atoms with Gasteiger partial charge in [-0.2, -0.15) is 4.98 Å². The summed E-state index contributed by atoms with van der Waals surface area (Å²) in [6.45, 7) is 2.33. The number of H-pyrrole nitrogens is 2. The lowest BCUT2D eigenvalue weighted by Crippen LogP contribution is -2.49. The molecule has 2 fully saturated rings. The number of aromatic nitrogens is 3. The molecule has 2 aliphatic rings. The van der Waals surface area contributed by atoms with Gasteiger partial charge in [0.05, 0.1) is 14.2 Å². The van der Waals surface area contributed by atoms with Crippen LogP contribution in [0.15, 0.2) is 27.8 Å². The maximum atomic E-state index is 11.6. The Labute approximate surface area is 168 Å². The highest BCUT2D eigenvalue weighted by atomic mass is 16.5. The summed E-state index contributed by atoms with van der Waals surface area (Å²) in [5.74, 6) is 1.81. The van der Waals surface area contributed by atoms with Gasteiger partial charge >= 0.3 is 11.4 Å². The smallest absolute Gasteiger partial charge is 0.352 e. The van der Waals surface area contributed by atoms with Crippen LogP contribution in [0.5, 0.6) is 11.5 Å². The van der Waals surface area contributed by atoms with Gasteiger partial charge in [0.25, 0.3) is 0 Å². The molecule has 0 unspecified atom stereocenters. The Balaban J connectivity index is 1.53. The molecule has 1 saturated heterocycles. The van der Waals surface area contributed by atoms with Gasteiger partial charge in [-0.25, -0.2) is 9.59 Å². The molecule has 9 heteroatoms. The van der Waals surface area contributed by atoms with Gasteiger partial charge < -0.3 is 14.4 Å². The van der Waals surface area contributed by atoms with E-state index in [1.165, 1.54) is 18.4 Å². The van der Waals surface area contributed by atoms with E-state index in [0.29, 0.717) is 18.0 Å². The molecule has 0 spiro atoms. The van der Waals surface area contributed by atoms with Gasteiger partial charge in [0.1, 0.15) is 0 Å². The minimum atomic E-state index is -0.616. The van der Waals surface area contributed by atoms with Crippen LogP contribution in [-0.4, -0.2) is 59.2 Å². The maximum Gasteiger partial charge on any atom is 0.352 e. The molecule has 2 aromatic rings. The molecule has 2 N–H and O–H groups in total. The molecule has 1 atom stereocenters. The Hall–Kier alpha value is -2.81. The fourth-order valence-corrected chi connectivity index (χ4v) is 4.10. The van der Waals surface area contributed by atoms with Gasteiger partial charge in [-0.1, -0.05) is 6.07 Å². The van der Waals surface area contributed by atoms with Crippen molar-refractivity contribution in [3.8, 4) is 11.5 Å². The fourth-order valence-electron chi connectivity index (χ4n) is 4.10. The van der Waals surface area contributed by atoms with E-state index >= 15 is 0 Å². The highest BCUT2D eigenvalue weighted by molar-refractivity contribution is 5.43. The number of methoxy groups -OCH3 is 2. The number of piperidine rings is 1. The Morgan fingerprint density at radius 2 is 1.90 bits per heavy atom. The van der Waals surface area contributed by atoms with E-state index in [1.54, 1.807) is 14.2 Å². The number of nitrogens with one attached hydrogen (secondary N) is 2. The highest BCUT2D eigenvalue weighted by Crippen LogP contribution is 2.35. The normalized spacial score (nSPS) is 19.4. The van der Waals surface area contributed by atoms with Crippen LogP contribution < -0.4 is 25.8 Å². The van der Waals surface area contributed by atoms with Crippen molar-refractivity contribution >= 4 is 5.95 Å². The molecular formula is C20H27N5O4. The van der Waals surface area contributed by atoms with Crippen molar-refractivity contribution in [2.45, 2.75) is 44.3 Å². The molecule has 1 aromatic heterocycles. The quantitative estimate of drug-likeness (QED) is 0.716.